The fourth-order valence-electron chi connectivity index (χ4n) is 2.23. The monoisotopic (exact) mass is 313 g/mol. The van der Waals surface area contributed by atoms with Gasteiger partial charge in [0.05, 0.1) is 5.75 Å². The Kier molecular flexibility index (Phi) is 4.39. The van der Waals surface area contributed by atoms with E-state index in [0.717, 1.165) is 16.9 Å². The van der Waals surface area contributed by atoms with E-state index in [4.69, 9.17) is 0 Å². The maximum atomic E-state index is 11.9. The summed E-state index contributed by atoms with van der Waals surface area (Å²) >= 11 is 1.54. The molecule has 2 aromatic rings. The number of nitrogens with one attached hydrogen (secondary N) is 2. The maximum Gasteiger partial charge on any atom is 0.251 e. The highest BCUT2D eigenvalue weighted by Crippen LogP contribution is 2.20. The van der Waals surface area contributed by atoms with E-state index >= 15 is 0 Å². The molecule has 0 aliphatic carbocycles. The second kappa shape index (κ2) is 6.62. The Hall–Kier alpha value is -2.34. The molecule has 1 aliphatic heterocycles. The van der Waals surface area contributed by atoms with E-state index in [2.05, 4.69) is 15.6 Å². The summed E-state index contributed by atoms with van der Waals surface area (Å²) in [5, 5.41) is 5.58. The van der Waals surface area contributed by atoms with Crippen LogP contribution in [0.15, 0.2) is 42.7 Å². The van der Waals surface area contributed by atoms with Crippen molar-refractivity contribution in [2.24, 2.45) is 0 Å². The molecule has 0 fully saturated rings. The first kappa shape index (κ1) is 14.6. The Bertz CT molecular complexity index is 704. The highest BCUT2D eigenvalue weighted by molar-refractivity contribution is 7.99. The van der Waals surface area contributed by atoms with E-state index in [1.165, 1.54) is 0 Å². The van der Waals surface area contributed by atoms with Crippen molar-refractivity contribution < 1.29 is 9.59 Å². The van der Waals surface area contributed by atoms with E-state index in [-0.39, 0.29) is 11.8 Å². The van der Waals surface area contributed by atoms with Crippen molar-refractivity contribution in [3.63, 3.8) is 0 Å². The quantitative estimate of drug-likeness (QED) is 0.888. The number of carbonyl (C=O) groups is 2. The molecule has 3 rings (SSSR count). The molecule has 0 saturated heterocycles. The third-order valence-electron chi connectivity index (χ3n) is 3.33. The van der Waals surface area contributed by atoms with Gasteiger partial charge >= 0.3 is 0 Å². The summed E-state index contributed by atoms with van der Waals surface area (Å²) in [5.41, 5.74) is 3.41. The average molecular weight is 313 g/mol. The van der Waals surface area contributed by atoms with Crippen molar-refractivity contribution in [1.29, 1.82) is 0 Å². The first-order chi connectivity index (χ1) is 10.7. The number of hydrogen-bond acceptors (Lipinski definition) is 4. The van der Waals surface area contributed by atoms with Crippen LogP contribution < -0.4 is 10.6 Å². The van der Waals surface area contributed by atoms with Crippen molar-refractivity contribution in [2.75, 3.05) is 11.1 Å². The van der Waals surface area contributed by atoms with Gasteiger partial charge in [0.25, 0.3) is 5.91 Å². The molecule has 1 aromatic carbocycles. The normalized spacial score (nSPS) is 12.6. The molecule has 2 heterocycles. The fraction of sp³-hybridized carbons (Fsp3) is 0.188. The van der Waals surface area contributed by atoms with Crippen molar-refractivity contribution in [3.05, 3.63) is 59.4 Å². The molecule has 112 valence electrons. The lowest BCUT2D eigenvalue weighted by Crippen LogP contribution is -2.15. The van der Waals surface area contributed by atoms with Gasteiger partial charge in [-0.25, -0.2) is 0 Å². The van der Waals surface area contributed by atoms with Crippen molar-refractivity contribution >= 4 is 29.3 Å². The van der Waals surface area contributed by atoms with Crippen LogP contribution in [0.2, 0.25) is 0 Å². The Balaban J connectivity index is 1.52. The second-order valence-corrected chi connectivity index (χ2v) is 5.94. The molecule has 0 unspecified atom stereocenters. The molecule has 0 radical (unpaired) electrons. The van der Waals surface area contributed by atoms with Crippen molar-refractivity contribution in [3.8, 4) is 0 Å². The minimum atomic E-state index is -0.0850. The molecule has 0 spiro atoms. The highest BCUT2D eigenvalue weighted by Gasteiger charge is 2.18. The molecule has 1 aromatic heterocycles. The number of anilines is 1. The van der Waals surface area contributed by atoms with Gasteiger partial charge < -0.3 is 10.6 Å². The van der Waals surface area contributed by atoms with Crippen LogP contribution in [0, 0.1) is 0 Å². The number of thioether (sulfide) groups is 1. The SMILES string of the molecule is O=C(CSCc1ccncc1)Nc1ccc2c(c1)C(=O)NC2. The molecule has 0 saturated carbocycles. The molecule has 2 N–H and O–H groups in total. The maximum absolute atomic E-state index is 11.9. The topological polar surface area (TPSA) is 71.1 Å². The predicted octanol–water partition coefficient (Wildman–Crippen LogP) is 2.20. The summed E-state index contributed by atoms with van der Waals surface area (Å²) in [7, 11) is 0. The fourth-order valence-corrected chi connectivity index (χ4v) is 3.02. The Morgan fingerprint density at radius 3 is 2.91 bits per heavy atom. The lowest BCUT2D eigenvalue weighted by atomic mass is 10.1. The zero-order chi connectivity index (χ0) is 15.4. The highest BCUT2D eigenvalue weighted by atomic mass is 32.2. The molecule has 1 aliphatic rings. The number of pyridine rings is 1. The first-order valence-electron chi connectivity index (χ1n) is 6.90. The number of nitrogens with zero attached hydrogens (tertiary/aromatic N) is 1. The largest absolute Gasteiger partial charge is 0.348 e. The van der Waals surface area contributed by atoms with E-state index in [9.17, 15) is 9.59 Å². The summed E-state index contributed by atoms with van der Waals surface area (Å²) in [6.07, 6.45) is 3.48. The van der Waals surface area contributed by atoms with E-state index < -0.39 is 0 Å². The lowest BCUT2D eigenvalue weighted by Gasteiger charge is -2.06. The number of aromatic nitrogens is 1. The number of carbonyl (C=O) groups excluding carboxylic acids is 2. The number of fused-ring (bicyclic) bond motifs is 1. The molecule has 5 nitrogen and oxygen atoms in total. The Morgan fingerprint density at radius 2 is 2.09 bits per heavy atom. The Labute approximate surface area is 132 Å². The summed E-state index contributed by atoms with van der Waals surface area (Å²) in [4.78, 5) is 27.5. The minimum absolute atomic E-state index is 0.0718. The van der Waals surface area contributed by atoms with Gasteiger partial charge in [-0.2, -0.15) is 0 Å². The van der Waals surface area contributed by atoms with E-state index in [1.807, 2.05) is 24.3 Å². The number of rotatable bonds is 5. The standard InChI is InChI=1S/C16H15N3O2S/c20-15(10-22-9-11-3-5-17-6-4-11)19-13-2-1-12-8-18-16(21)14(12)7-13/h1-7H,8-10H2,(H,18,21)(H,19,20). The van der Waals surface area contributed by atoms with Crippen LogP contribution in [0.25, 0.3) is 0 Å². The molecular formula is C16H15N3O2S. The smallest absolute Gasteiger partial charge is 0.251 e. The van der Waals surface area contributed by atoms with Crippen LogP contribution in [0.4, 0.5) is 5.69 Å². The van der Waals surface area contributed by atoms with Crippen LogP contribution in [0.1, 0.15) is 21.5 Å². The van der Waals surface area contributed by atoms with Gasteiger partial charge in [-0.1, -0.05) is 6.07 Å². The molecule has 2 amide bonds. The van der Waals surface area contributed by atoms with Gasteiger partial charge in [-0.05, 0) is 35.4 Å². The van der Waals surface area contributed by atoms with E-state index in [1.54, 1.807) is 30.2 Å². The molecule has 0 atom stereocenters. The van der Waals surface area contributed by atoms with Gasteiger partial charge in [-0.15, -0.1) is 11.8 Å². The minimum Gasteiger partial charge on any atom is -0.348 e. The molecular weight excluding hydrogens is 298 g/mol. The Morgan fingerprint density at radius 1 is 1.27 bits per heavy atom. The number of amides is 2. The third kappa shape index (κ3) is 3.46. The summed E-state index contributed by atoms with van der Waals surface area (Å²) in [6, 6.07) is 9.29. The predicted molar refractivity (Wildman–Crippen MR) is 86.6 cm³/mol. The molecule has 22 heavy (non-hydrogen) atoms. The third-order valence-corrected chi connectivity index (χ3v) is 4.33. The lowest BCUT2D eigenvalue weighted by molar-refractivity contribution is -0.113. The van der Waals surface area contributed by atoms with Gasteiger partial charge in [0, 0.05) is 35.9 Å². The van der Waals surface area contributed by atoms with Crippen molar-refractivity contribution in [2.45, 2.75) is 12.3 Å². The molecule has 6 heteroatoms. The van der Waals surface area contributed by atoms with Crippen LogP contribution in [0.3, 0.4) is 0 Å². The van der Waals surface area contributed by atoms with E-state index in [0.29, 0.717) is 23.5 Å². The molecule has 0 bridgehead atoms. The van der Waals surface area contributed by atoms with Gasteiger partial charge in [0.1, 0.15) is 0 Å². The zero-order valence-electron chi connectivity index (χ0n) is 11.8. The second-order valence-electron chi connectivity index (χ2n) is 4.95. The van der Waals surface area contributed by atoms with Crippen LogP contribution in [0.5, 0.6) is 0 Å². The first-order valence-corrected chi connectivity index (χ1v) is 8.05. The number of benzene rings is 1. The van der Waals surface area contributed by atoms with Crippen LogP contribution in [-0.4, -0.2) is 22.6 Å². The van der Waals surface area contributed by atoms with Gasteiger partial charge in [-0.3, -0.25) is 14.6 Å². The van der Waals surface area contributed by atoms with Crippen LogP contribution in [-0.2, 0) is 17.1 Å². The zero-order valence-corrected chi connectivity index (χ0v) is 12.7. The average Bonchev–Trinajstić information content (AvgIpc) is 2.89. The summed E-state index contributed by atoms with van der Waals surface area (Å²) in [5.74, 6) is 0.976. The van der Waals surface area contributed by atoms with Crippen LogP contribution >= 0.6 is 11.8 Å². The summed E-state index contributed by atoms with van der Waals surface area (Å²) < 4.78 is 0. The number of hydrogen-bond donors (Lipinski definition) is 2. The van der Waals surface area contributed by atoms with Gasteiger partial charge in [0.2, 0.25) is 5.91 Å². The van der Waals surface area contributed by atoms with Crippen molar-refractivity contribution in [1.82, 2.24) is 10.3 Å². The summed E-state index contributed by atoms with van der Waals surface area (Å²) in [6.45, 7) is 0.560. The van der Waals surface area contributed by atoms with Gasteiger partial charge in [0.15, 0.2) is 0 Å².